The third-order valence-electron chi connectivity index (χ3n) is 3.21. The Kier molecular flexibility index (Phi) is 7.58. The van der Waals surface area contributed by atoms with Crippen LogP contribution in [-0.2, 0) is 34.3 Å². The molecule has 0 aliphatic rings. The first-order valence-corrected chi connectivity index (χ1v) is 9.47. The summed E-state index contributed by atoms with van der Waals surface area (Å²) in [7, 11) is -1.51. The van der Waals surface area contributed by atoms with E-state index in [1.807, 2.05) is 0 Å². The summed E-state index contributed by atoms with van der Waals surface area (Å²) >= 11 is 0. The minimum absolute atomic E-state index is 0.349. The van der Waals surface area contributed by atoms with Gasteiger partial charge < -0.3 is 9.47 Å². The van der Waals surface area contributed by atoms with Crippen LogP contribution in [0.2, 0.25) is 0 Å². The maximum atomic E-state index is 12.1. The molecule has 1 atom stereocenters. The summed E-state index contributed by atoms with van der Waals surface area (Å²) in [6.07, 6.45) is -0.794. The fourth-order valence-corrected chi connectivity index (χ4v) is 2.94. The molecule has 0 unspecified atom stereocenters. The molecule has 1 aromatic carbocycles. The topological polar surface area (TPSA) is 99.2 Å². The molecule has 8 nitrogen and oxygen atoms in total. The van der Waals surface area contributed by atoms with Crippen LogP contribution in [0.5, 0.6) is 0 Å². The lowest BCUT2D eigenvalue weighted by Crippen LogP contribution is -2.48. The van der Waals surface area contributed by atoms with E-state index in [1.54, 1.807) is 51.1 Å². The van der Waals surface area contributed by atoms with E-state index >= 15 is 0 Å². The molecule has 1 aromatic rings. The van der Waals surface area contributed by atoms with Gasteiger partial charge >= 0.3 is 12.1 Å². The Bertz CT molecular complexity index is 710. The molecule has 0 aromatic heterocycles. The zero-order valence-electron chi connectivity index (χ0n) is 15.6. The molecule has 1 amide bonds. The van der Waals surface area contributed by atoms with Gasteiger partial charge in [-0.25, -0.2) is 9.59 Å². The van der Waals surface area contributed by atoms with E-state index in [2.05, 4.69) is 4.74 Å². The van der Waals surface area contributed by atoms with Crippen molar-refractivity contribution in [2.45, 2.75) is 38.2 Å². The maximum Gasteiger partial charge on any atom is 0.410 e. The van der Waals surface area contributed by atoms with E-state index in [1.165, 1.54) is 7.05 Å². The van der Waals surface area contributed by atoms with Crippen molar-refractivity contribution in [1.82, 2.24) is 4.90 Å². The summed E-state index contributed by atoms with van der Waals surface area (Å²) in [5.41, 5.74) is -0.227. The highest BCUT2D eigenvalue weighted by atomic mass is 32.2. The second-order valence-corrected chi connectivity index (χ2v) is 8.24. The van der Waals surface area contributed by atoms with Crippen LogP contribution in [0.15, 0.2) is 30.3 Å². The lowest BCUT2D eigenvalue weighted by molar-refractivity contribution is -0.147. The monoisotopic (exact) mass is 387 g/mol. The average Bonchev–Trinajstić information content (AvgIpc) is 2.53. The maximum absolute atomic E-state index is 12.1. The molecule has 0 aliphatic carbocycles. The van der Waals surface area contributed by atoms with Crippen LogP contribution in [0.3, 0.4) is 0 Å². The first-order valence-electron chi connectivity index (χ1n) is 7.90. The molecule has 0 saturated heterocycles. The molecule has 0 heterocycles. The van der Waals surface area contributed by atoms with Crippen LogP contribution < -0.4 is 0 Å². The van der Waals surface area contributed by atoms with E-state index in [0.717, 1.165) is 12.0 Å². The lowest BCUT2D eigenvalue weighted by atomic mass is 10.2. The quantitative estimate of drug-likeness (QED) is 0.521. The van der Waals surface area contributed by atoms with Gasteiger partial charge in [-0.05, 0) is 26.3 Å². The predicted octanol–water partition coefficient (Wildman–Crippen LogP) is 1.94. The zero-order valence-corrected chi connectivity index (χ0v) is 16.4. The summed E-state index contributed by atoms with van der Waals surface area (Å²) in [4.78, 5) is 25.0. The van der Waals surface area contributed by atoms with Crippen molar-refractivity contribution in [3.8, 4) is 0 Å². The summed E-state index contributed by atoms with van der Waals surface area (Å²) in [5.74, 6) is -1.16. The van der Waals surface area contributed by atoms with Crippen LogP contribution in [-0.4, -0.2) is 57.8 Å². The molecule has 0 bridgehead atoms. The van der Waals surface area contributed by atoms with E-state index in [0.29, 0.717) is 5.56 Å². The van der Waals surface area contributed by atoms with E-state index < -0.39 is 40.4 Å². The highest BCUT2D eigenvalue weighted by Gasteiger charge is 2.32. The number of esters is 1. The van der Waals surface area contributed by atoms with Gasteiger partial charge in [0, 0.05) is 7.05 Å². The zero-order chi connectivity index (χ0) is 20.0. The number of nitrogens with zero attached hydrogens (tertiary/aromatic N) is 1. The fourth-order valence-electron chi connectivity index (χ4n) is 1.92. The second kappa shape index (κ2) is 9.00. The lowest BCUT2D eigenvalue weighted by Gasteiger charge is -2.28. The summed E-state index contributed by atoms with van der Waals surface area (Å²) in [5, 5.41) is 0. The van der Waals surface area contributed by atoms with Gasteiger partial charge in [0.1, 0.15) is 11.4 Å². The van der Waals surface area contributed by atoms with Crippen LogP contribution >= 0.6 is 0 Å². The van der Waals surface area contributed by atoms with Gasteiger partial charge in [-0.1, -0.05) is 30.3 Å². The third kappa shape index (κ3) is 7.40. The Morgan fingerprint density at radius 1 is 1.15 bits per heavy atom. The Morgan fingerprint density at radius 2 is 1.73 bits per heavy atom. The van der Waals surface area contributed by atoms with E-state index in [-0.39, 0.29) is 5.75 Å². The first kappa shape index (κ1) is 21.9. The van der Waals surface area contributed by atoms with Gasteiger partial charge in [-0.3, -0.25) is 9.08 Å². The third-order valence-corrected chi connectivity index (χ3v) is 4.40. The van der Waals surface area contributed by atoms with E-state index in [9.17, 15) is 18.0 Å². The van der Waals surface area contributed by atoms with Crippen molar-refractivity contribution in [2.75, 3.05) is 20.8 Å². The molecule has 0 radical (unpaired) electrons. The normalized spacial score (nSPS) is 13.0. The molecular weight excluding hydrogens is 362 g/mol. The van der Waals surface area contributed by atoms with E-state index in [4.69, 9.17) is 8.92 Å². The Balaban J connectivity index is 2.81. The summed E-state index contributed by atoms with van der Waals surface area (Å²) in [6, 6.07) is 7.20. The van der Waals surface area contributed by atoms with Gasteiger partial charge in [0.05, 0.1) is 13.7 Å². The molecular formula is C17H25NO7S. The fraction of sp³-hybridized carbons (Fsp3) is 0.529. The smallest absolute Gasteiger partial charge is 0.410 e. The number of likely N-dealkylation sites (N-methyl/N-ethyl adjacent to an activating group) is 1. The van der Waals surface area contributed by atoms with Gasteiger partial charge in [0.25, 0.3) is 10.1 Å². The van der Waals surface area contributed by atoms with Gasteiger partial charge in [0.2, 0.25) is 0 Å². The highest BCUT2D eigenvalue weighted by Crippen LogP contribution is 2.13. The molecule has 146 valence electrons. The van der Waals surface area contributed by atoms with Crippen LogP contribution in [0.1, 0.15) is 26.3 Å². The number of benzene rings is 1. The molecule has 9 heteroatoms. The molecule has 26 heavy (non-hydrogen) atoms. The molecule has 1 rings (SSSR count). The second-order valence-electron chi connectivity index (χ2n) is 6.60. The predicted molar refractivity (Wildman–Crippen MR) is 94.8 cm³/mol. The highest BCUT2D eigenvalue weighted by molar-refractivity contribution is 7.85. The minimum atomic E-state index is -3.95. The van der Waals surface area contributed by atoms with Gasteiger partial charge in [-0.2, -0.15) is 8.42 Å². The molecule has 0 saturated carbocycles. The number of methoxy groups -OCH3 is 1. The Morgan fingerprint density at radius 3 is 2.23 bits per heavy atom. The van der Waals surface area contributed by atoms with Crippen molar-refractivity contribution < 1.29 is 31.7 Å². The average molecular weight is 387 g/mol. The summed E-state index contributed by atoms with van der Waals surface area (Å²) in [6.45, 7) is 4.45. The van der Waals surface area contributed by atoms with Crippen molar-refractivity contribution >= 4 is 22.2 Å². The van der Waals surface area contributed by atoms with Crippen molar-refractivity contribution in [3.05, 3.63) is 35.9 Å². The van der Waals surface area contributed by atoms with Crippen LogP contribution in [0.25, 0.3) is 0 Å². The van der Waals surface area contributed by atoms with Gasteiger partial charge in [0.15, 0.2) is 6.04 Å². The molecule has 0 fully saturated rings. The number of ether oxygens (including phenoxy) is 2. The Hall–Kier alpha value is -2.13. The SMILES string of the molecule is COC(=O)[C@H](COS(=O)(=O)Cc1ccccc1)N(C)C(=O)OC(C)(C)C. The van der Waals surface area contributed by atoms with Crippen molar-refractivity contribution in [2.24, 2.45) is 0 Å². The molecule has 0 aliphatic heterocycles. The molecule has 0 spiro atoms. The standard InChI is InChI=1S/C17H25NO7S/c1-17(2,3)25-16(20)18(4)14(15(19)23-5)11-24-26(21,22)12-13-9-7-6-8-10-13/h6-10,14H,11-12H2,1-5H3/t14-/m0/s1. The number of carbonyl (C=O) groups excluding carboxylic acids is 2. The number of hydrogen-bond acceptors (Lipinski definition) is 7. The number of carbonyl (C=O) groups is 2. The van der Waals surface area contributed by atoms with Crippen LogP contribution in [0.4, 0.5) is 4.79 Å². The van der Waals surface area contributed by atoms with Crippen molar-refractivity contribution in [3.63, 3.8) is 0 Å². The first-order chi connectivity index (χ1) is 11.9. The largest absolute Gasteiger partial charge is 0.467 e. The van der Waals surface area contributed by atoms with Gasteiger partial charge in [-0.15, -0.1) is 0 Å². The van der Waals surface area contributed by atoms with Crippen molar-refractivity contribution in [1.29, 1.82) is 0 Å². The Labute approximate surface area is 154 Å². The summed E-state index contributed by atoms with van der Waals surface area (Å²) < 4.78 is 39.0. The number of rotatable bonds is 7. The van der Waals surface area contributed by atoms with Crippen LogP contribution in [0, 0.1) is 0 Å². The minimum Gasteiger partial charge on any atom is -0.467 e. The number of amides is 1. The molecule has 0 N–H and O–H groups in total. The number of hydrogen-bond donors (Lipinski definition) is 0.